The van der Waals surface area contributed by atoms with Gasteiger partial charge in [-0.2, -0.15) is 0 Å². The second-order valence-corrected chi connectivity index (χ2v) is 17.4. The van der Waals surface area contributed by atoms with Crippen molar-refractivity contribution in [2.75, 3.05) is 6.61 Å². The molecule has 0 saturated carbocycles. The van der Waals surface area contributed by atoms with Crippen LogP contribution in [0.1, 0.15) is 271 Å². The zero-order chi connectivity index (χ0) is 40.8. The average molecular weight is 790 g/mol. The molecule has 0 aromatic carbocycles. The van der Waals surface area contributed by atoms with Crippen LogP contribution in [0.15, 0.2) is 24.3 Å². The third-order valence-electron chi connectivity index (χ3n) is 11.8. The fourth-order valence-corrected chi connectivity index (χ4v) is 7.90. The lowest BCUT2D eigenvalue weighted by molar-refractivity contribution is -0.124. The summed E-state index contributed by atoms with van der Waals surface area (Å²) < 4.78 is 0. The molecule has 5 nitrogen and oxygen atoms in total. The van der Waals surface area contributed by atoms with E-state index >= 15 is 0 Å². The molecule has 0 fully saturated rings. The number of hydrogen-bond donors (Lipinski definition) is 4. The number of rotatable bonds is 46. The summed E-state index contributed by atoms with van der Waals surface area (Å²) >= 11 is 0. The maximum absolute atomic E-state index is 12.4. The molecule has 5 heteroatoms. The zero-order valence-corrected chi connectivity index (χ0v) is 37.8. The Balaban J connectivity index is 3.46. The van der Waals surface area contributed by atoms with Crippen LogP contribution in [0, 0.1) is 0 Å². The molecule has 0 bridgehead atoms. The van der Waals surface area contributed by atoms with Crippen molar-refractivity contribution in [3.8, 4) is 0 Å². The van der Waals surface area contributed by atoms with Gasteiger partial charge in [-0.1, -0.05) is 244 Å². The van der Waals surface area contributed by atoms with Crippen molar-refractivity contribution in [1.82, 2.24) is 5.32 Å². The molecule has 1 amide bonds. The minimum absolute atomic E-state index is 0.144. The minimum atomic E-state index is -1.13. The number of amides is 1. The van der Waals surface area contributed by atoms with E-state index < -0.39 is 18.2 Å². The number of unbranched alkanes of at least 4 members (excludes halogenated alkanes) is 34. The predicted octanol–water partition coefficient (Wildman–Crippen LogP) is 14.9. The summed E-state index contributed by atoms with van der Waals surface area (Å²) in [5.74, 6) is -0.144. The molecule has 0 heterocycles. The molecule has 0 aliphatic carbocycles. The quantitative estimate of drug-likeness (QED) is 0.0365. The summed E-state index contributed by atoms with van der Waals surface area (Å²) in [5, 5.41) is 33.4. The van der Waals surface area contributed by atoms with Gasteiger partial charge >= 0.3 is 0 Å². The monoisotopic (exact) mass is 790 g/mol. The van der Waals surface area contributed by atoms with Gasteiger partial charge in [-0.05, 0) is 44.9 Å². The first kappa shape index (κ1) is 54.8. The maximum atomic E-state index is 12.4. The van der Waals surface area contributed by atoms with Gasteiger partial charge in [0, 0.05) is 6.42 Å². The SMILES string of the molecule is CCCCCCCCCCC/C=C\C/C=C\CCCCCCCCCCCCCCCCCCCC(=O)NC(CO)C(O)C(O)CCCCCCCCCCC. The molecule has 0 aromatic heterocycles. The van der Waals surface area contributed by atoms with Crippen LogP contribution in [0.2, 0.25) is 0 Å². The molecule has 0 saturated heterocycles. The molecular formula is C51H99NO4. The van der Waals surface area contributed by atoms with E-state index in [0.717, 1.165) is 44.9 Å². The molecule has 0 radical (unpaired) electrons. The lowest BCUT2D eigenvalue weighted by Gasteiger charge is -2.26. The van der Waals surface area contributed by atoms with Crippen LogP contribution < -0.4 is 5.32 Å². The first-order valence-corrected chi connectivity index (χ1v) is 25.1. The summed E-state index contributed by atoms with van der Waals surface area (Å²) in [7, 11) is 0. The Morgan fingerprint density at radius 3 is 1.12 bits per heavy atom. The van der Waals surface area contributed by atoms with Crippen molar-refractivity contribution in [3.05, 3.63) is 24.3 Å². The largest absolute Gasteiger partial charge is 0.394 e. The first-order chi connectivity index (χ1) is 27.6. The van der Waals surface area contributed by atoms with Gasteiger partial charge in [-0.25, -0.2) is 0 Å². The van der Waals surface area contributed by atoms with Crippen LogP contribution in [0.25, 0.3) is 0 Å². The molecule has 0 aliphatic heterocycles. The van der Waals surface area contributed by atoms with Crippen LogP contribution in [-0.2, 0) is 4.79 Å². The average Bonchev–Trinajstić information content (AvgIpc) is 3.20. The molecular weight excluding hydrogens is 691 g/mol. The van der Waals surface area contributed by atoms with E-state index in [1.54, 1.807) is 0 Å². The molecule has 332 valence electrons. The molecule has 3 unspecified atom stereocenters. The highest BCUT2D eigenvalue weighted by molar-refractivity contribution is 5.76. The summed E-state index contributed by atoms with van der Waals surface area (Å²) in [5.41, 5.74) is 0. The second-order valence-electron chi connectivity index (χ2n) is 17.4. The third-order valence-corrected chi connectivity index (χ3v) is 11.8. The van der Waals surface area contributed by atoms with Crippen molar-refractivity contribution >= 4 is 5.91 Å². The predicted molar refractivity (Wildman–Crippen MR) is 245 cm³/mol. The molecule has 3 atom stereocenters. The Bertz CT molecular complexity index is 829. The zero-order valence-electron chi connectivity index (χ0n) is 37.8. The van der Waals surface area contributed by atoms with Crippen molar-refractivity contribution in [2.45, 2.75) is 289 Å². The third kappa shape index (κ3) is 41.0. The fraction of sp³-hybridized carbons (Fsp3) is 0.902. The molecule has 0 spiro atoms. The van der Waals surface area contributed by atoms with Crippen molar-refractivity contribution in [2.24, 2.45) is 0 Å². The van der Waals surface area contributed by atoms with E-state index in [-0.39, 0.29) is 12.5 Å². The molecule has 0 rings (SSSR count). The van der Waals surface area contributed by atoms with Crippen LogP contribution in [0.4, 0.5) is 0 Å². The summed E-state index contributed by atoms with van der Waals surface area (Å²) in [4.78, 5) is 12.4. The molecule has 0 aromatic rings. The second kappa shape index (κ2) is 46.5. The Kier molecular flexibility index (Phi) is 45.5. The highest BCUT2D eigenvalue weighted by Crippen LogP contribution is 2.17. The van der Waals surface area contributed by atoms with E-state index in [2.05, 4.69) is 43.5 Å². The van der Waals surface area contributed by atoms with Crippen molar-refractivity contribution in [1.29, 1.82) is 0 Å². The van der Waals surface area contributed by atoms with E-state index in [9.17, 15) is 20.1 Å². The molecule has 56 heavy (non-hydrogen) atoms. The van der Waals surface area contributed by atoms with Gasteiger partial charge < -0.3 is 20.6 Å². The summed E-state index contributed by atoms with van der Waals surface area (Å²) in [6, 6.07) is -0.805. The van der Waals surface area contributed by atoms with Crippen LogP contribution in [0.5, 0.6) is 0 Å². The number of carbonyl (C=O) groups excluding carboxylic acids is 1. The Morgan fingerprint density at radius 2 is 0.768 bits per heavy atom. The van der Waals surface area contributed by atoms with E-state index in [4.69, 9.17) is 0 Å². The van der Waals surface area contributed by atoms with Gasteiger partial charge in [0.1, 0.15) is 6.10 Å². The lowest BCUT2D eigenvalue weighted by atomic mass is 9.99. The smallest absolute Gasteiger partial charge is 0.220 e. The lowest BCUT2D eigenvalue weighted by Crippen LogP contribution is -2.50. The number of allylic oxidation sites excluding steroid dienone is 4. The topological polar surface area (TPSA) is 89.8 Å². The van der Waals surface area contributed by atoms with Gasteiger partial charge in [0.05, 0.1) is 18.8 Å². The molecule has 4 N–H and O–H groups in total. The minimum Gasteiger partial charge on any atom is -0.394 e. The van der Waals surface area contributed by atoms with E-state index in [0.29, 0.717) is 12.8 Å². The number of aliphatic hydroxyl groups excluding tert-OH is 3. The van der Waals surface area contributed by atoms with Crippen molar-refractivity contribution < 1.29 is 20.1 Å². The van der Waals surface area contributed by atoms with Crippen LogP contribution >= 0.6 is 0 Å². The maximum Gasteiger partial charge on any atom is 0.220 e. The van der Waals surface area contributed by atoms with Gasteiger partial charge in [0.2, 0.25) is 5.91 Å². The van der Waals surface area contributed by atoms with Gasteiger partial charge in [-0.3, -0.25) is 4.79 Å². The summed E-state index contributed by atoms with van der Waals surface area (Å²) in [6.07, 6.45) is 57.6. The van der Waals surface area contributed by atoms with Crippen LogP contribution in [0.3, 0.4) is 0 Å². The Morgan fingerprint density at radius 1 is 0.446 bits per heavy atom. The van der Waals surface area contributed by atoms with Crippen molar-refractivity contribution in [3.63, 3.8) is 0 Å². The number of hydrogen-bond acceptors (Lipinski definition) is 4. The van der Waals surface area contributed by atoms with E-state index in [1.165, 1.54) is 199 Å². The Labute approximate surface area is 350 Å². The molecule has 0 aliphatic rings. The number of carbonyl (C=O) groups is 1. The summed E-state index contributed by atoms with van der Waals surface area (Å²) in [6.45, 7) is 4.16. The standard InChI is InChI=1S/C51H99NO4/c1-3-5-7-9-11-13-14-15-16-17-18-19-20-21-22-23-24-25-26-27-28-29-30-31-32-33-34-35-36-38-40-42-44-46-50(55)52-48(47-53)51(56)49(54)45-43-41-39-37-12-10-8-6-4-2/h18-19,21-22,48-49,51,53-54,56H,3-17,20,23-47H2,1-2H3,(H,52,55)/b19-18-,22-21-. The normalized spacial score (nSPS) is 13.6. The number of aliphatic hydroxyl groups is 3. The van der Waals surface area contributed by atoms with Gasteiger partial charge in [0.25, 0.3) is 0 Å². The van der Waals surface area contributed by atoms with E-state index in [1.807, 2.05) is 0 Å². The van der Waals surface area contributed by atoms with Gasteiger partial charge in [0.15, 0.2) is 0 Å². The van der Waals surface area contributed by atoms with Gasteiger partial charge in [-0.15, -0.1) is 0 Å². The highest BCUT2D eigenvalue weighted by Gasteiger charge is 2.26. The van der Waals surface area contributed by atoms with Crippen LogP contribution in [-0.4, -0.2) is 46.1 Å². The number of nitrogens with one attached hydrogen (secondary N) is 1. The Hall–Kier alpha value is -1.17. The fourth-order valence-electron chi connectivity index (χ4n) is 7.90. The first-order valence-electron chi connectivity index (χ1n) is 25.1. The highest BCUT2D eigenvalue weighted by atomic mass is 16.3.